The van der Waals surface area contributed by atoms with Gasteiger partial charge in [-0.3, -0.25) is 4.79 Å². The minimum atomic E-state index is 0.0188. The molecule has 2 fully saturated rings. The highest BCUT2D eigenvalue weighted by Crippen LogP contribution is 2.34. The number of hydrogen-bond acceptors (Lipinski definition) is 5. The Labute approximate surface area is 196 Å². The van der Waals surface area contributed by atoms with E-state index in [1.807, 2.05) is 30.3 Å². The van der Waals surface area contributed by atoms with Crippen molar-refractivity contribution in [1.82, 2.24) is 15.3 Å². The van der Waals surface area contributed by atoms with Gasteiger partial charge in [-0.15, -0.1) is 0 Å². The van der Waals surface area contributed by atoms with Gasteiger partial charge in [-0.25, -0.2) is 4.98 Å². The van der Waals surface area contributed by atoms with Gasteiger partial charge in [0.15, 0.2) is 5.82 Å². The number of carbonyl (C=O) groups is 1. The van der Waals surface area contributed by atoms with Crippen LogP contribution in [0.15, 0.2) is 30.3 Å². The van der Waals surface area contributed by atoms with Crippen LogP contribution in [0.5, 0.6) is 5.88 Å². The number of ether oxygens (including phenoxy) is 2. The van der Waals surface area contributed by atoms with Crippen LogP contribution in [0.4, 0.5) is 0 Å². The van der Waals surface area contributed by atoms with Gasteiger partial charge in [0.25, 0.3) is 0 Å². The zero-order valence-corrected chi connectivity index (χ0v) is 19.4. The molecule has 0 bridgehead atoms. The lowest BCUT2D eigenvalue weighted by atomic mass is 9.96. The van der Waals surface area contributed by atoms with Crippen molar-refractivity contribution in [3.8, 4) is 17.3 Å². The number of aryl methyl sites for hydroxylation is 1. The summed E-state index contributed by atoms with van der Waals surface area (Å²) in [4.78, 5) is 22.7. The Kier molecular flexibility index (Phi) is 7.20. The van der Waals surface area contributed by atoms with E-state index in [0.29, 0.717) is 11.8 Å². The molecule has 1 aromatic carbocycles. The first-order valence-electron chi connectivity index (χ1n) is 12.7. The van der Waals surface area contributed by atoms with Gasteiger partial charge in [-0.05, 0) is 69.6 Å². The second kappa shape index (κ2) is 10.6. The molecule has 1 unspecified atom stereocenters. The second-order valence-corrected chi connectivity index (χ2v) is 9.81. The van der Waals surface area contributed by atoms with E-state index in [1.165, 1.54) is 12.8 Å². The number of fused-ring (bicyclic) bond motifs is 1. The molecule has 1 amide bonds. The predicted molar refractivity (Wildman–Crippen MR) is 127 cm³/mol. The zero-order valence-electron chi connectivity index (χ0n) is 19.4. The fourth-order valence-electron chi connectivity index (χ4n) is 4.90. The van der Waals surface area contributed by atoms with Crippen LogP contribution in [0.2, 0.25) is 0 Å². The first-order valence-corrected chi connectivity index (χ1v) is 12.7. The molecular formula is C27H35N3O3. The van der Waals surface area contributed by atoms with Crippen molar-refractivity contribution in [2.24, 2.45) is 17.8 Å². The van der Waals surface area contributed by atoms with Gasteiger partial charge >= 0.3 is 0 Å². The van der Waals surface area contributed by atoms with Crippen molar-refractivity contribution in [3.63, 3.8) is 0 Å². The molecule has 3 aliphatic rings. The molecule has 6 heteroatoms. The Morgan fingerprint density at radius 2 is 1.76 bits per heavy atom. The maximum Gasteiger partial charge on any atom is 0.223 e. The smallest absolute Gasteiger partial charge is 0.223 e. The summed E-state index contributed by atoms with van der Waals surface area (Å²) in [5, 5.41) is 3.21. The number of amides is 1. The summed E-state index contributed by atoms with van der Waals surface area (Å²) in [6.45, 7) is 3.21. The Morgan fingerprint density at radius 3 is 2.55 bits per heavy atom. The summed E-state index contributed by atoms with van der Waals surface area (Å²) in [6.07, 6.45) is 8.99. The van der Waals surface area contributed by atoms with Crippen molar-refractivity contribution >= 4 is 5.91 Å². The van der Waals surface area contributed by atoms with Crippen LogP contribution in [-0.4, -0.2) is 42.2 Å². The van der Waals surface area contributed by atoms with E-state index < -0.39 is 0 Å². The lowest BCUT2D eigenvalue weighted by molar-refractivity contribution is -0.125. The quantitative estimate of drug-likeness (QED) is 0.606. The molecular weight excluding hydrogens is 414 g/mol. The van der Waals surface area contributed by atoms with Crippen LogP contribution in [0.25, 0.3) is 11.4 Å². The van der Waals surface area contributed by atoms with Crippen LogP contribution in [0.3, 0.4) is 0 Å². The molecule has 1 aliphatic heterocycles. The average Bonchev–Trinajstić information content (AvgIpc) is 3.70. The predicted octanol–water partition coefficient (Wildman–Crippen LogP) is 4.36. The van der Waals surface area contributed by atoms with Gasteiger partial charge in [-0.1, -0.05) is 30.3 Å². The van der Waals surface area contributed by atoms with E-state index in [9.17, 15) is 4.79 Å². The summed E-state index contributed by atoms with van der Waals surface area (Å²) in [6, 6.07) is 10.1. The molecule has 6 nitrogen and oxygen atoms in total. The third-order valence-electron chi connectivity index (χ3n) is 7.28. The molecule has 5 rings (SSSR count). The summed E-state index contributed by atoms with van der Waals surface area (Å²) >= 11 is 0. The topological polar surface area (TPSA) is 73.3 Å². The number of benzene rings is 1. The molecule has 2 aliphatic carbocycles. The fourth-order valence-corrected chi connectivity index (χ4v) is 4.90. The van der Waals surface area contributed by atoms with Crippen LogP contribution >= 0.6 is 0 Å². The van der Waals surface area contributed by atoms with Crippen LogP contribution in [0, 0.1) is 17.8 Å². The van der Waals surface area contributed by atoms with E-state index in [2.05, 4.69) is 5.32 Å². The number of nitrogens with one attached hydrogen (secondary N) is 1. The highest BCUT2D eigenvalue weighted by Gasteiger charge is 2.28. The first-order chi connectivity index (χ1) is 16.3. The Morgan fingerprint density at radius 1 is 0.970 bits per heavy atom. The SMILES string of the molecule is O=C(NCCC1CCOCC1)C1CCc2nc(-c3ccccc3)nc(OCC3CC3)c2CC1. The zero-order chi connectivity index (χ0) is 22.5. The summed E-state index contributed by atoms with van der Waals surface area (Å²) in [7, 11) is 0. The van der Waals surface area contributed by atoms with Crippen molar-refractivity contribution in [2.75, 3.05) is 26.4 Å². The van der Waals surface area contributed by atoms with Crippen LogP contribution < -0.4 is 10.1 Å². The monoisotopic (exact) mass is 449 g/mol. The maximum atomic E-state index is 12.9. The van der Waals surface area contributed by atoms with Gasteiger partial charge in [0.2, 0.25) is 11.8 Å². The van der Waals surface area contributed by atoms with E-state index in [4.69, 9.17) is 19.4 Å². The van der Waals surface area contributed by atoms with Crippen molar-refractivity contribution in [1.29, 1.82) is 0 Å². The molecule has 1 atom stereocenters. The van der Waals surface area contributed by atoms with Gasteiger partial charge in [0, 0.05) is 36.8 Å². The van der Waals surface area contributed by atoms with Crippen molar-refractivity contribution < 1.29 is 14.3 Å². The third kappa shape index (κ3) is 5.91. The molecule has 1 aromatic heterocycles. The number of aromatic nitrogens is 2. The minimum Gasteiger partial charge on any atom is -0.477 e. The number of nitrogens with zero attached hydrogens (tertiary/aromatic N) is 2. The van der Waals surface area contributed by atoms with E-state index in [0.717, 1.165) is 99.8 Å². The van der Waals surface area contributed by atoms with Gasteiger partial charge in [0.05, 0.1) is 12.3 Å². The summed E-state index contributed by atoms with van der Waals surface area (Å²) in [5.41, 5.74) is 3.16. The number of hydrogen-bond donors (Lipinski definition) is 1. The fraction of sp³-hybridized carbons (Fsp3) is 0.593. The molecule has 1 N–H and O–H groups in total. The average molecular weight is 450 g/mol. The second-order valence-electron chi connectivity index (χ2n) is 9.81. The first kappa shape index (κ1) is 22.3. The van der Waals surface area contributed by atoms with E-state index in [-0.39, 0.29) is 11.8 Å². The molecule has 1 saturated heterocycles. The molecule has 2 aromatic rings. The van der Waals surface area contributed by atoms with Gasteiger partial charge in [0.1, 0.15) is 0 Å². The standard InChI is InChI=1S/C27H35N3O3/c31-26(28-15-12-19-13-16-32-17-14-19)22-8-10-23-24(11-9-22)29-25(21-4-2-1-3-5-21)30-27(23)33-18-20-6-7-20/h1-5,19-20,22H,6-18H2,(H,28,31). The number of rotatable bonds is 8. The Bertz CT molecular complexity index is 939. The highest BCUT2D eigenvalue weighted by molar-refractivity contribution is 5.78. The number of carbonyl (C=O) groups excluding carboxylic acids is 1. The van der Waals surface area contributed by atoms with E-state index >= 15 is 0 Å². The molecule has 0 radical (unpaired) electrons. The van der Waals surface area contributed by atoms with Gasteiger partial charge in [-0.2, -0.15) is 4.98 Å². The Hall–Kier alpha value is -2.47. The normalized spacial score (nSPS) is 21.2. The highest BCUT2D eigenvalue weighted by atomic mass is 16.5. The lowest BCUT2D eigenvalue weighted by Crippen LogP contribution is -2.33. The molecule has 2 heterocycles. The van der Waals surface area contributed by atoms with Crippen molar-refractivity contribution in [3.05, 3.63) is 41.6 Å². The molecule has 176 valence electrons. The maximum absolute atomic E-state index is 12.9. The molecule has 1 saturated carbocycles. The van der Waals surface area contributed by atoms with E-state index in [1.54, 1.807) is 0 Å². The van der Waals surface area contributed by atoms with Crippen molar-refractivity contribution in [2.45, 2.75) is 57.8 Å². The minimum absolute atomic E-state index is 0.0188. The summed E-state index contributed by atoms with van der Waals surface area (Å²) < 4.78 is 11.7. The third-order valence-corrected chi connectivity index (χ3v) is 7.28. The largest absolute Gasteiger partial charge is 0.477 e. The van der Waals surface area contributed by atoms with Gasteiger partial charge < -0.3 is 14.8 Å². The molecule has 33 heavy (non-hydrogen) atoms. The molecule has 0 spiro atoms. The Balaban J connectivity index is 1.25. The lowest BCUT2D eigenvalue weighted by Gasteiger charge is -2.22. The van der Waals surface area contributed by atoms with Crippen LogP contribution in [-0.2, 0) is 22.4 Å². The van der Waals surface area contributed by atoms with Crippen LogP contribution in [0.1, 0.15) is 56.2 Å². The summed E-state index contributed by atoms with van der Waals surface area (Å²) in [5.74, 6) is 2.99.